The quantitative estimate of drug-likeness (QED) is 0.799. The summed E-state index contributed by atoms with van der Waals surface area (Å²) in [6.07, 6.45) is 0. The van der Waals surface area contributed by atoms with Crippen molar-refractivity contribution in [2.75, 3.05) is 0 Å². The fourth-order valence-corrected chi connectivity index (χ4v) is 3.42. The summed E-state index contributed by atoms with van der Waals surface area (Å²) in [4.78, 5) is 1.39. The molecule has 2 rings (SSSR count). The topological polar surface area (TPSA) is 12.0 Å². The van der Waals surface area contributed by atoms with E-state index in [0.29, 0.717) is 12.0 Å². The summed E-state index contributed by atoms with van der Waals surface area (Å²) in [6, 6.07) is 10.9. The minimum absolute atomic E-state index is 0.386. The van der Waals surface area contributed by atoms with Crippen LogP contribution < -0.4 is 5.32 Å². The number of aryl methyl sites for hydroxylation is 1. The van der Waals surface area contributed by atoms with Gasteiger partial charge in [0, 0.05) is 22.5 Å². The molecule has 0 amide bonds. The van der Waals surface area contributed by atoms with Gasteiger partial charge in [0.15, 0.2) is 0 Å². The van der Waals surface area contributed by atoms with Gasteiger partial charge in [-0.25, -0.2) is 0 Å². The zero-order valence-electron chi connectivity index (χ0n) is 11.6. The van der Waals surface area contributed by atoms with Gasteiger partial charge in [-0.1, -0.05) is 43.6 Å². The summed E-state index contributed by atoms with van der Waals surface area (Å²) in [7, 11) is 0. The van der Waals surface area contributed by atoms with E-state index >= 15 is 0 Å². The van der Waals surface area contributed by atoms with Crippen molar-refractivity contribution in [2.45, 2.75) is 33.4 Å². The van der Waals surface area contributed by atoms with Gasteiger partial charge in [0.2, 0.25) is 0 Å². The third kappa shape index (κ3) is 3.82. The standard InChI is InChI=1S/C16H20ClNS/c1-11(2)16(15-5-4-8-19-15)18-10-13-7-6-12(3)9-14(13)17/h4-9,11,16,18H,10H2,1-3H3. The van der Waals surface area contributed by atoms with Crippen LogP contribution in [0.5, 0.6) is 0 Å². The molecule has 1 unspecified atom stereocenters. The van der Waals surface area contributed by atoms with Gasteiger partial charge in [-0.3, -0.25) is 0 Å². The van der Waals surface area contributed by atoms with E-state index in [9.17, 15) is 0 Å². The van der Waals surface area contributed by atoms with Crippen LogP contribution in [-0.4, -0.2) is 0 Å². The van der Waals surface area contributed by atoms with Gasteiger partial charge in [0.25, 0.3) is 0 Å². The summed E-state index contributed by atoms with van der Waals surface area (Å²) in [5.41, 5.74) is 2.36. The Morgan fingerprint density at radius 3 is 2.63 bits per heavy atom. The van der Waals surface area contributed by atoms with Crippen molar-refractivity contribution in [2.24, 2.45) is 5.92 Å². The van der Waals surface area contributed by atoms with Crippen molar-refractivity contribution >= 4 is 22.9 Å². The van der Waals surface area contributed by atoms with Crippen LogP contribution in [0.25, 0.3) is 0 Å². The Kier molecular flexibility index (Phi) is 5.03. The van der Waals surface area contributed by atoms with Crippen molar-refractivity contribution in [3.8, 4) is 0 Å². The molecule has 1 nitrogen and oxygen atoms in total. The molecule has 1 aromatic carbocycles. The number of thiophene rings is 1. The maximum absolute atomic E-state index is 6.28. The molecule has 1 heterocycles. The highest BCUT2D eigenvalue weighted by atomic mass is 35.5. The lowest BCUT2D eigenvalue weighted by Gasteiger charge is -2.21. The Hall–Kier alpha value is -0.830. The average Bonchev–Trinajstić information content (AvgIpc) is 2.85. The highest BCUT2D eigenvalue weighted by molar-refractivity contribution is 7.10. The molecular weight excluding hydrogens is 274 g/mol. The Labute approximate surface area is 124 Å². The largest absolute Gasteiger partial charge is 0.305 e. The summed E-state index contributed by atoms with van der Waals surface area (Å²) in [5.74, 6) is 0.558. The molecule has 3 heteroatoms. The van der Waals surface area contributed by atoms with Gasteiger partial charge in [0.1, 0.15) is 0 Å². The number of nitrogens with one attached hydrogen (secondary N) is 1. The molecule has 0 aliphatic rings. The van der Waals surface area contributed by atoms with Crippen LogP contribution in [0.15, 0.2) is 35.7 Å². The molecule has 19 heavy (non-hydrogen) atoms. The molecule has 102 valence electrons. The molecule has 1 aromatic heterocycles. The summed E-state index contributed by atoms with van der Waals surface area (Å²) in [5, 5.41) is 6.60. The Morgan fingerprint density at radius 2 is 2.05 bits per heavy atom. The lowest BCUT2D eigenvalue weighted by molar-refractivity contribution is 0.416. The minimum Gasteiger partial charge on any atom is -0.305 e. The minimum atomic E-state index is 0.386. The highest BCUT2D eigenvalue weighted by Gasteiger charge is 2.16. The number of hydrogen-bond donors (Lipinski definition) is 1. The lowest BCUT2D eigenvalue weighted by atomic mass is 10.0. The van der Waals surface area contributed by atoms with Gasteiger partial charge in [-0.15, -0.1) is 11.3 Å². The Balaban J connectivity index is 2.07. The molecule has 1 N–H and O–H groups in total. The van der Waals surface area contributed by atoms with Crippen LogP contribution in [-0.2, 0) is 6.54 Å². The van der Waals surface area contributed by atoms with Gasteiger partial charge >= 0.3 is 0 Å². The van der Waals surface area contributed by atoms with E-state index in [-0.39, 0.29) is 0 Å². The maximum atomic E-state index is 6.28. The van der Waals surface area contributed by atoms with Crippen molar-refractivity contribution in [1.29, 1.82) is 0 Å². The predicted octanol–water partition coefficient (Wildman–Crippen LogP) is 5.20. The van der Waals surface area contributed by atoms with Gasteiger partial charge in [-0.2, -0.15) is 0 Å². The van der Waals surface area contributed by atoms with Gasteiger partial charge in [-0.05, 0) is 41.5 Å². The first-order valence-electron chi connectivity index (χ1n) is 6.59. The van der Waals surface area contributed by atoms with Crippen LogP contribution in [0, 0.1) is 12.8 Å². The molecule has 0 saturated carbocycles. The van der Waals surface area contributed by atoms with Crippen molar-refractivity contribution in [3.05, 3.63) is 56.7 Å². The average molecular weight is 294 g/mol. The zero-order chi connectivity index (χ0) is 13.8. The predicted molar refractivity (Wildman–Crippen MR) is 84.9 cm³/mol. The second-order valence-corrected chi connectivity index (χ2v) is 6.60. The van der Waals surface area contributed by atoms with Crippen LogP contribution in [0.3, 0.4) is 0 Å². The molecule has 0 saturated heterocycles. The lowest BCUT2D eigenvalue weighted by Crippen LogP contribution is -2.24. The first-order chi connectivity index (χ1) is 9.08. The number of benzene rings is 1. The molecule has 0 aliphatic heterocycles. The second-order valence-electron chi connectivity index (χ2n) is 5.21. The second kappa shape index (κ2) is 6.56. The van der Waals surface area contributed by atoms with E-state index < -0.39 is 0 Å². The van der Waals surface area contributed by atoms with E-state index in [2.05, 4.69) is 55.7 Å². The van der Waals surface area contributed by atoms with Crippen molar-refractivity contribution in [3.63, 3.8) is 0 Å². The normalized spacial score (nSPS) is 12.9. The molecular formula is C16H20ClNS. The van der Waals surface area contributed by atoms with Crippen LogP contribution >= 0.6 is 22.9 Å². The fourth-order valence-electron chi connectivity index (χ4n) is 2.15. The van der Waals surface area contributed by atoms with E-state index in [4.69, 9.17) is 11.6 Å². The molecule has 0 radical (unpaired) electrons. The molecule has 1 atom stereocenters. The SMILES string of the molecule is Cc1ccc(CNC(c2cccs2)C(C)C)c(Cl)c1. The summed E-state index contributed by atoms with van der Waals surface area (Å²) < 4.78 is 0. The van der Waals surface area contributed by atoms with E-state index in [1.165, 1.54) is 10.4 Å². The molecule has 2 aromatic rings. The molecule has 0 fully saturated rings. The van der Waals surface area contributed by atoms with Crippen molar-refractivity contribution < 1.29 is 0 Å². The fraction of sp³-hybridized carbons (Fsp3) is 0.375. The van der Waals surface area contributed by atoms with Crippen LogP contribution in [0.2, 0.25) is 5.02 Å². The van der Waals surface area contributed by atoms with E-state index in [1.54, 1.807) is 11.3 Å². The van der Waals surface area contributed by atoms with Crippen LogP contribution in [0.4, 0.5) is 0 Å². The smallest absolute Gasteiger partial charge is 0.0453 e. The van der Waals surface area contributed by atoms with Gasteiger partial charge in [0.05, 0.1) is 0 Å². The summed E-state index contributed by atoms with van der Waals surface area (Å²) >= 11 is 8.09. The summed E-state index contributed by atoms with van der Waals surface area (Å²) in [6.45, 7) is 7.35. The third-order valence-electron chi connectivity index (χ3n) is 3.24. The third-order valence-corrected chi connectivity index (χ3v) is 4.54. The van der Waals surface area contributed by atoms with E-state index in [1.807, 2.05) is 6.07 Å². The number of rotatable bonds is 5. The highest BCUT2D eigenvalue weighted by Crippen LogP contribution is 2.27. The Morgan fingerprint density at radius 1 is 1.26 bits per heavy atom. The first kappa shape index (κ1) is 14.6. The number of halogens is 1. The molecule has 0 spiro atoms. The van der Waals surface area contributed by atoms with E-state index in [0.717, 1.165) is 17.1 Å². The molecule has 0 bridgehead atoms. The Bertz CT molecular complexity index is 520. The maximum Gasteiger partial charge on any atom is 0.0453 e. The zero-order valence-corrected chi connectivity index (χ0v) is 13.2. The van der Waals surface area contributed by atoms with Crippen molar-refractivity contribution in [1.82, 2.24) is 5.32 Å². The monoisotopic (exact) mass is 293 g/mol. The van der Waals surface area contributed by atoms with Crippen LogP contribution in [0.1, 0.15) is 35.9 Å². The molecule has 0 aliphatic carbocycles. The first-order valence-corrected chi connectivity index (χ1v) is 7.85. The number of hydrogen-bond acceptors (Lipinski definition) is 2. The van der Waals surface area contributed by atoms with Gasteiger partial charge < -0.3 is 5.32 Å².